The lowest BCUT2D eigenvalue weighted by Gasteiger charge is -2.18. The summed E-state index contributed by atoms with van der Waals surface area (Å²) < 4.78 is 5.99. The van der Waals surface area contributed by atoms with Crippen LogP contribution in [0.3, 0.4) is 0 Å². The lowest BCUT2D eigenvalue weighted by atomic mass is 9.96. The van der Waals surface area contributed by atoms with Gasteiger partial charge in [-0.1, -0.05) is 36.5 Å². The summed E-state index contributed by atoms with van der Waals surface area (Å²) >= 11 is 1.47. The Hall–Kier alpha value is -2.86. The molecule has 4 rings (SSSR count). The van der Waals surface area contributed by atoms with E-state index in [1.54, 1.807) is 6.20 Å². The first-order chi connectivity index (χ1) is 13.1. The second kappa shape index (κ2) is 7.40. The molecular weight excluding hydrogens is 358 g/mol. The fourth-order valence-electron chi connectivity index (χ4n) is 3.44. The summed E-state index contributed by atoms with van der Waals surface area (Å²) in [6.07, 6.45) is 3.09. The maximum Gasteiger partial charge on any atom is 0.278 e. The highest BCUT2D eigenvalue weighted by Crippen LogP contribution is 2.36. The van der Waals surface area contributed by atoms with Gasteiger partial charge >= 0.3 is 0 Å². The maximum absolute atomic E-state index is 12.6. The molecule has 0 spiro atoms. The summed E-state index contributed by atoms with van der Waals surface area (Å²) in [5, 5.41) is 2.52. The smallest absolute Gasteiger partial charge is 0.278 e. The van der Waals surface area contributed by atoms with Gasteiger partial charge < -0.3 is 15.4 Å². The number of nitrogen functional groups attached to an aromatic ring is 1. The van der Waals surface area contributed by atoms with Crippen molar-refractivity contribution in [2.24, 2.45) is 0 Å². The van der Waals surface area contributed by atoms with Gasteiger partial charge in [-0.25, -0.2) is 4.98 Å². The monoisotopic (exact) mass is 379 g/mol. The number of rotatable bonds is 5. The zero-order chi connectivity index (χ0) is 18.8. The Morgan fingerprint density at radius 1 is 1.30 bits per heavy atom. The molecule has 1 atom stereocenters. The second-order valence-corrected chi connectivity index (χ2v) is 7.48. The molecule has 0 unspecified atom stereocenters. The zero-order valence-electron chi connectivity index (χ0n) is 15.1. The number of hydrogen-bond acceptors (Lipinski definition) is 5. The van der Waals surface area contributed by atoms with E-state index in [0.29, 0.717) is 23.8 Å². The Morgan fingerprint density at radius 3 is 2.93 bits per heavy atom. The predicted octanol–water partition coefficient (Wildman–Crippen LogP) is 4.60. The number of nitrogens with two attached hydrogens (primary N) is 1. The molecule has 1 aromatic heterocycles. The fraction of sp³-hybridized carbons (Fsp3) is 0.238. The highest BCUT2D eigenvalue weighted by molar-refractivity contribution is 7.11. The van der Waals surface area contributed by atoms with Gasteiger partial charge in [0.25, 0.3) is 5.19 Å². The summed E-state index contributed by atoms with van der Waals surface area (Å²) in [6.45, 7) is 2.74. The van der Waals surface area contributed by atoms with E-state index in [1.807, 2.05) is 34.5 Å². The van der Waals surface area contributed by atoms with Crippen LogP contribution >= 0.6 is 11.3 Å². The first kappa shape index (κ1) is 17.5. The van der Waals surface area contributed by atoms with Gasteiger partial charge in [0.15, 0.2) is 0 Å². The predicted molar refractivity (Wildman–Crippen MR) is 109 cm³/mol. The van der Waals surface area contributed by atoms with E-state index in [1.165, 1.54) is 11.3 Å². The van der Waals surface area contributed by atoms with E-state index in [2.05, 4.69) is 30.1 Å². The van der Waals surface area contributed by atoms with Crippen molar-refractivity contribution in [3.8, 4) is 10.9 Å². The number of aryl methyl sites for hydroxylation is 1. The topological polar surface area (TPSA) is 68.5 Å². The van der Waals surface area contributed by atoms with Crippen molar-refractivity contribution in [2.45, 2.75) is 25.7 Å². The number of thiazole rings is 1. The molecule has 3 aromatic rings. The molecule has 138 valence electrons. The van der Waals surface area contributed by atoms with Crippen LogP contribution in [-0.4, -0.2) is 17.4 Å². The number of anilines is 2. The Kier molecular flexibility index (Phi) is 4.81. The van der Waals surface area contributed by atoms with Crippen molar-refractivity contribution >= 4 is 28.6 Å². The lowest BCUT2D eigenvalue weighted by molar-refractivity contribution is -0.117. The average Bonchev–Trinajstić information content (AvgIpc) is 3.31. The number of ether oxygens (including phenoxy) is 1. The first-order valence-electron chi connectivity index (χ1n) is 9.00. The number of carbonyl (C=O) groups is 1. The van der Waals surface area contributed by atoms with Crippen molar-refractivity contribution < 1.29 is 9.53 Å². The summed E-state index contributed by atoms with van der Waals surface area (Å²) in [4.78, 5) is 18.6. The van der Waals surface area contributed by atoms with Gasteiger partial charge in [-0.3, -0.25) is 4.79 Å². The SMILES string of the molecule is CCc1ccc([C@H]2CC(=O)N(c3cccc(N)c3)C2)cc1Oc1nccs1. The van der Waals surface area contributed by atoms with Crippen LogP contribution in [0.2, 0.25) is 0 Å². The van der Waals surface area contributed by atoms with Crippen LogP contribution in [0.1, 0.15) is 30.4 Å². The molecule has 2 heterocycles. The summed E-state index contributed by atoms with van der Waals surface area (Å²) in [6, 6.07) is 13.7. The van der Waals surface area contributed by atoms with Gasteiger partial charge in [-0.05, 0) is 41.8 Å². The van der Waals surface area contributed by atoms with Gasteiger partial charge in [0.1, 0.15) is 5.75 Å². The molecule has 0 bridgehead atoms. The van der Waals surface area contributed by atoms with Crippen LogP contribution < -0.4 is 15.4 Å². The quantitative estimate of drug-likeness (QED) is 0.658. The highest BCUT2D eigenvalue weighted by Gasteiger charge is 2.32. The maximum atomic E-state index is 12.6. The van der Waals surface area contributed by atoms with Crippen molar-refractivity contribution in [1.29, 1.82) is 0 Å². The molecule has 1 amide bonds. The Morgan fingerprint density at radius 2 is 2.19 bits per heavy atom. The molecule has 1 saturated heterocycles. The lowest BCUT2D eigenvalue weighted by Crippen LogP contribution is -2.24. The van der Waals surface area contributed by atoms with Crippen LogP contribution in [0.15, 0.2) is 54.0 Å². The standard InChI is InChI=1S/C21H21N3O2S/c1-2-14-6-7-15(10-19(14)26-21-23-8-9-27-21)16-11-20(25)24(13-16)18-5-3-4-17(22)12-18/h3-10,12,16H,2,11,13,22H2,1H3/t16-/m0/s1. The molecule has 5 nitrogen and oxygen atoms in total. The van der Waals surface area contributed by atoms with Gasteiger partial charge in [-0.15, -0.1) is 0 Å². The third-order valence-corrected chi connectivity index (χ3v) is 5.51. The Labute approximate surface area is 162 Å². The normalized spacial score (nSPS) is 16.7. The minimum absolute atomic E-state index is 0.118. The molecule has 1 aliphatic rings. The molecule has 0 aliphatic carbocycles. The molecule has 1 fully saturated rings. The number of nitrogens with zero attached hydrogens (tertiary/aromatic N) is 2. The van der Waals surface area contributed by atoms with Gasteiger partial charge in [0, 0.05) is 41.8 Å². The van der Waals surface area contributed by atoms with E-state index in [-0.39, 0.29) is 11.8 Å². The van der Waals surface area contributed by atoms with Crippen molar-refractivity contribution in [3.05, 3.63) is 65.2 Å². The Balaban J connectivity index is 1.59. The van der Waals surface area contributed by atoms with Gasteiger partial charge in [-0.2, -0.15) is 0 Å². The second-order valence-electron chi connectivity index (χ2n) is 6.62. The number of hydrogen-bond donors (Lipinski definition) is 1. The van der Waals surface area contributed by atoms with Crippen molar-refractivity contribution in [2.75, 3.05) is 17.2 Å². The van der Waals surface area contributed by atoms with E-state index >= 15 is 0 Å². The molecule has 1 aliphatic heterocycles. The van der Waals surface area contributed by atoms with Crippen LogP contribution in [-0.2, 0) is 11.2 Å². The first-order valence-corrected chi connectivity index (χ1v) is 9.88. The van der Waals surface area contributed by atoms with Crippen LogP contribution in [0, 0.1) is 0 Å². The van der Waals surface area contributed by atoms with E-state index in [0.717, 1.165) is 29.0 Å². The molecule has 2 N–H and O–H groups in total. The number of aromatic nitrogens is 1. The molecule has 2 aromatic carbocycles. The van der Waals surface area contributed by atoms with Crippen molar-refractivity contribution in [1.82, 2.24) is 4.98 Å². The van der Waals surface area contributed by atoms with E-state index < -0.39 is 0 Å². The van der Waals surface area contributed by atoms with Gasteiger partial charge in [0.05, 0.1) is 0 Å². The summed E-state index contributed by atoms with van der Waals surface area (Å²) in [5.41, 5.74) is 9.63. The van der Waals surface area contributed by atoms with E-state index in [9.17, 15) is 4.79 Å². The van der Waals surface area contributed by atoms with Gasteiger partial charge in [0.2, 0.25) is 5.91 Å². The molecule has 0 radical (unpaired) electrons. The molecule has 0 saturated carbocycles. The number of amides is 1. The van der Waals surface area contributed by atoms with E-state index in [4.69, 9.17) is 10.5 Å². The fourth-order valence-corrected chi connectivity index (χ4v) is 3.94. The van der Waals surface area contributed by atoms with Crippen LogP contribution in [0.4, 0.5) is 11.4 Å². The minimum Gasteiger partial charge on any atom is -0.431 e. The largest absolute Gasteiger partial charge is 0.431 e. The molecular formula is C21H21N3O2S. The summed E-state index contributed by atoms with van der Waals surface area (Å²) in [5.74, 6) is 1.07. The third-order valence-electron chi connectivity index (χ3n) is 4.86. The average molecular weight is 379 g/mol. The molecule has 6 heteroatoms. The molecule has 27 heavy (non-hydrogen) atoms. The van der Waals surface area contributed by atoms with Crippen LogP contribution in [0.25, 0.3) is 0 Å². The number of benzene rings is 2. The van der Waals surface area contributed by atoms with Crippen molar-refractivity contribution in [3.63, 3.8) is 0 Å². The highest BCUT2D eigenvalue weighted by atomic mass is 32.1. The Bertz CT molecular complexity index is 956. The minimum atomic E-state index is 0.118. The third kappa shape index (κ3) is 3.66. The summed E-state index contributed by atoms with van der Waals surface area (Å²) in [7, 11) is 0. The zero-order valence-corrected chi connectivity index (χ0v) is 15.9. The van der Waals surface area contributed by atoms with Crippen LogP contribution in [0.5, 0.6) is 10.9 Å². The number of carbonyl (C=O) groups excluding carboxylic acids is 1.